The van der Waals surface area contributed by atoms with Crippen LogP contribution in [0.25, 0.3) is 10.8 Å². The van der Waals surface area contributed by atoms with E-state index in [0.717, 1.165) is 22.1 Å². The topological polar surface area (TPSA) is 35.5 Å². The fraction of sp³-hybridized carbons (Fsp3) is 0.235. The van der Waals surface area contributed by atoms with Gasteiger partial charge in [-0.15, -0.1) is 0 Å². The summed E-state index contributed by atoms with van der Waals surface area (Å²) in [6.45, 7) is 5.76. The van der Waals surface area contributed by atoms with E-state index in [-0.39, 0.29) is 11.9 Å². The van der Waals surface area contributed by atoms with Crippen LogP contribution in [0.2, 0.25) is 0 Å². The van der Waals surface area contributed by atoms with E-state index >= 15 is 0 Å². The summed E-state index contributed by atoms with van der Waals surface area (Å²) >= 11 is 0. The van der Waals surface area contributed by atoms with E-state index in [1.807, 2.05) is 37.3 Å². The van der Waals surface area contributed by atoms with Crippen LogP contribution in [-0.4, -0.2) is 20.2 Å². The molecule has 0 N–H and O–H groups in total. The van der Waals surface area contributed by atoms with Crippen LogP contribution in [0.4, 0.5) is 0 Å². The first-order valence-electron chi connectivity index (χ1n) is 6.41. The zero-order valence-corrected chi connectivity index (χ0v) is 12.0. The number of benzene rings is 2. The lowest BCUT2D eigenvalue weighted by atomic mass is 9.92. The fourth-order valence-corrected chi connectivity index (χ4v) is 2.15. The van der Waals surface area contributed by atoms with E-state index in [9.17, 15) is 4.79 Å². The Labute approximate surface area is 118 Å². The van der Waals surface area contributed by atoms with Crippen molar-refractivity contribution in [3.63, 3.8) is 0 Å². The van der Waals surface area contributed by atoms with E-state index < -0.39 is 0 Å². The maximum absolute atomic E-state index is 11.5. The number of methoxy groups -OCH3 is 2. The van der Waals surface area contributed by atoms with Crippen molar-refractivity contribution in [2.75, 3.05) is 14.2 Å². The van der Waals surface area contributed by atoms with Gasteiger partial charge in [0, 0.05) is 11.5 Å². The third-order valence-corrected chi connectivity index (χ3v) is 3.54. The molecule has 2 rings (SSSR count). The number of ether oxygens (including phenoxy) is 2. The summed E-state index contributed by atoms with van der Waals surface area (Å²) in [4.78, 5) is 11.5. The molecule has 0 saturated heterocycles. The predicted molar refractivity (Wildman–Crippen MR) is 80.1 cm³/mol. The molecular formula is C17H18O3. The molecule has 0 bridgehead atoms. The molecule has 20 heavy (non-hydrogen) atoms. The van der Waals surface area contributed by atoms with E-state index in [1.54, 1.807) is 7.11 Å². The molecule has 0 fully saturated rings. The molecule has 0 aliphatic heterocycles. The third kappa shape index (κ3) is 2.67. The van der Waals surface area contributed by atoms with Crippen LogP contribution < -0.4 is 4.74 Å². The van der Waals surface area contributed by atoms with E-state index in [2.05, 4.69) is 12.6 Å². The number of rotatable bonds is 4. The van der Waals surface area contributed by atoms with E-state index in [4.69, 9.17) is 9.47 Å². The van der Waals surface area contributed by atoms with Gasteiger partial charge in [-0.05, 0) is 28.5 Å². The number of esters is 1. The molecule has 0 aliphatic rings. The van der Waals surface area contributed by atoms with Crippen molar-refractivity contribution in [2.24, 2.45) is 0 Å². The van der Waals surface area contributed by atoms with Crippen molar-refractivity contribution >= 4 is 16.7 Å². The Kier molecular flexibility index (Phi) is 4.08. The minimum atomic E-state index is -0.368. The molecule has 3 heteroatoms. The molecule has 0 saturated carbocycles. The van der Waals surface area contributed by atoms with E-state index in [1.165, 1.54) is 7.11 Å². The summed E-state index contributed by atoms with van der Waals surface area (Å²) < 4.78 is 9.93. The Morgan fingerprint density at radius 3 is 2.40 bits per heavy atom. The first-order chi connectivity index (χ1) is 9.56. The highest BCUT2D eigenvalue weighted by atomic mass is 16.5. The largest absolute Gasteiger partial charge is 0.497 e. The SMILES string of the molecule is C=C(C(=O)OC)[C@H](C)c1ccc2cc(OC)ccc2c1. The zero-order valence-electron chi connectivity index (χ0n) is 12.0. The van der Waals surface area contributed by atoms with Crippen molar-refractivity contribution in [3.05, 3.63) is 54.1 Å². The number of hydrogen-bond acceptors (Lipinski definition) is 3. The average Bonchev–Trinajstić information content (AvgIpc) is 2.51. The molecule has 1 atom stereocenters. The highest BCUT2D eigenvalue weighted by Crippen LogP contribution is 2.28. The van der Waals surface area contributed by atoms with Crippen LogP contribution in [0.5, 0.6) is 5.75 Å². The first kappa shape index (κ1) is 14.1. The quantitative estimate of drug-likeness (QED) is 0.628. The molecule has 0 aliphatic carbocycles. The van der Waals surface area contributed by atoms with E-state index in [0.29, 0.717) is 5.57 Å². The molecule has 0 unspecified atom stereocenters. The molecule has 104 valence electrons. The lowest BCUT2D eigenvalue weighted by Crippen LogP contribution is -2.10. The molecule has 0 amide bonds. The highest BCUT2D eigenvalue weighted by molar-refractivity contribution is 5.90. The maximum atomic E-state index is 11.5. The minimum Gasteiger partial charge on any atom is -0.497 e. The summed E-state index contributed by atoms with van der Waals surface area (Å²) in [5.41, 5.74) is 1.50. The molecule has 0 aromatic heterocycles. The average molecular weight is 270 g/mol. The molecule has 0 radical (unpaired) electrons. The molecule has 2 aromatic carbocycles. The normalized spacial score (nSPS) is 11.9. The van der Waals surface area contributed by atoms with Gasteiger partial charge in [-0.2, -0.15) is 0 Å². The van der Waals surface area contributed by atoms with Gasteiger partial charge in [-0.25, -0.2) is 4.79 Å². The summed E-state index contributed by atoms with van der Waals surface area (Å²) in [7, 11) is 3.02. The Morgan fingerprint density at radius 2 is 1.75 bits per heavy atom. The smallest absolute Gasteiger partial charge is 0.333 e. The van der Waals surface area contributed by atoms with Crippen LogP contribution in [0.3, 0.4) is 0 Å². The van der Waals surface area contributed by atoms with Crippen molar-refractivity contribution in [3.8, 4) is 5.75 Å². The molecular weight excluding hydrogens is 252 g/mol. The molecule has 0 spiro atoms. The van der Waals surface area contributed by atoms with Gasteiger partial charge in [0.05, 0.1) is 14.2 Å². The van der Waals surface area contributed by atoms with Crippen molar-refractivity contribution < 1.29 is 14.3 Å². The Bertz CT molecular complexity index is 658. The lowest BCUT2D eigenvalue weighted by molar-refractivity contribution is -0.136. The van der Waals surface area contributed by atoms with Gasteiger partial charge in [0.1, 0.15) is 5.75 Å². The van der Waals surface area contributed by atoms with Gasteiger partial charge in [-0.1, -0.05) is 37.8 Å². The standard InChI is InChI=1S/C17H18O3/c1-11(12(2)17(18)20-4)13-5-6-15-10-16(19-3)8-7-14(15)9-13/h5-11H,2H2,1,3-4H3/t11-/m0/s1. The van der Waals surface area contributed by atoms with Crippen LogP contribution in [0.15, 0.2) is 48.6 Å². The lowest BCUT2D eigenvalue weighted by Gasteiger charge is -2.14. The van der Waals surface area contributed by atoms with Crippen molar-refractivity contribution in [2.45, 2.75) is 12.8 Å². The van der Waals surface area contributed by atoms with Gasteiger partial charge < -0.3 is 9.47 Å². The number of carbonyl (C=O) groups excluding carboxylic acids is 1. The van der Waals surface area contributed by atoms with Gasteiger partial charge in [0.2, 0.25) is 0 Å². The van der Waals surface area contributed by atoms with Crippen LogP contribution >= 0.6 is 0 Å². The summed E-state index contributed by atoms with van der Waals surface area (Å²) in [5, 5.41) is 2.21. The second-order valence-corrected chi connectivity index (χ2v) is 4.71. The summed E-state index contributed by atoms with van der Waals surface area (Å²) in [6.07, 6.45) is 0. The van der Waals surface area contributed by atoms with Gasteiger partial charge >= 0.3 is 5.97 Å². The Morgan fingerprint density at radius 1 is 1.10 bits per heavy atom. The number of carbonyl (C=O) groups is 1. The second-order valence-electron chi connectivity index (χ2n) is 4.71. The minimum absolute atomic E-state index is 0.0750. The van der Waals surface area contributed by atoms with Gasteiger partial charge in [0.25, 0.3) is 0 Å². The zero-order chi connectivity index (χ0) is 14.7. The van der Waals surface area contributed by atoms with Gasteiger partial charge in [0.15, 0.2) is 0 Å². The van der Waals surface area contributed by atoms with Gasteiger partial charge in [-0.3, -0.25) is 0 Å². The molecule has 3 nitrogen and oxygen atoms in total. The van der Waals surface area contributed by atoms with Crippen molar-refractivity contribution in [1.29, 1.82) is 0 Å². The monoisotopic (exact) mass is 270 g/mol. The highest BCUT2D eigenvalue weighted by Gasteiger charge is 2.17. The van der Waals surface area contributed by atoms with Crippen LogP contribution in [-0.2, 0) is 9.53 Å². The summed E-state index contributed by atoms with van der Waals surface area (Å²) in [6, 6.07) is 12.0. The Balaban J connectivity index is 2.36. The fourth-order valence-electron chi connectivity index (χ4n) is 2.15. The molecule has 2 aromatic rings. The number of hydrogen-bond donors (Lipinski definition) is 0. The Hall–Kier alpha value is -2.29. The van der Waals surface area contributed by atoms with Crippen LogP contribution in [0, 0.1) is 0 Å². The second kappa shape index (κ2) is 5.78. The van der Waals surface area contributed by atoms with Crippen LogP contribution in [0.1, 0.15) is 18.4 Å². The third-order valence-electron chi connectivity index (χ3n) is 3.54. The molecule has 0 heterocycles. The maximum Gasteiger partial charge on any atom is 0.333 e. The first-order valence-corrected chi connectivity index (χ1v) is 6.41. The summed E-state index contributed by atoms with van der Waals surface area (Å²) in [5.74, 6) is 0.388. The predicted octanol–water partition coefficient (Wildman–Crippen LogP) is 3.68. The number of fused-ring (bicyclic) bond motifs is 1. The van der Waals surface area contributed by atoms with Crippen molar-refractivity contribution in [1.82, 2.24) is 0 Å².